The molecule has 3 fully saturated rings. The molecule has 0 unspecified atom stereocenters. The maximum Gasteiger partial charge on any atom is 0.311 e. The lowest BCUT2D eigenvalue weighted by atomic mass is 9.61. The number of hydrogen-bond donors (Lipinski definition) is 1. The lowest BCUT2D eigenvalue weighted by Gasteiger charge is -2.47. The number of nitrogens with one attached hydrogen (secondary N) is 1. The minimum absolute atomic E-state index is 0.0176. The summed E-state index contributed by atoms with van der Waals surface area (Å²) in [6.45, 7) is 2.15. The summed E-state index contributed by atoms with van der Waals surface area (Å²) in [6.07, 6.45) is 4.08. The average Bonchev–Trinajstić information content (AvgIpc) is 3.20. The van der Waals surface area contributed by atoms with Crippen LogP contribution in [0.4, 0.5) is 10.2 Å². The number of esters is 1. The number of rotatable bonds is 5. The van der Waals surface area contributed by atoms with Crippen molar-refractivity contribution in [3.05, 3.63) is 28.6 Å². The lowest BCUT2D eigenvalue weighted by molar-refractivity contribution is -0.154. The zero-order chi connectivity index (χ0) is 19.0. The third-order valence-electron chi connectivity index (χ3n) is 5.66. The Balaban J connectivity index is 1.67. The molecule has 0 aromatic carbocycles. The van der Waals surface area contributed by atoms with Gasteiger partial charge < -0.3 is 10.1 Å². The van der Waals surface area contributed by atoms with Crippen molar-refractivity contribution in [3.8, 4) is 10.6 Å². The second kappa shape index (κ2) is 7.72. The van der Waals surface area contributed by atoms with Crippen molar-refractivity contribution in [2.24, 2.45) is 17.8 Å². The summed E-state index contributed by atoms with van der Waals surface area (Å²) >= 11 is 7.46. The molecule has 2 atom stereocenters. The van der Waals surface area contributed by atoms with E-state index in [1.807, 2.05) is 11.4 Å². The third kappa shape index (κ3) is 3.55. The SMILES string of the molecule is CCOC(=O)[C@H]1C2CCC(CC2)[C@@H]1Nc1nc(Cl)nc(-c2cccs2)c1F. The van der Waals surface area contributed by atoms with Crippen LogP contribution in [0.1, 0.15) is 32.6 Å². The highest BCUT2D eigenvalue weighted by Crippen LogP contribution is 2.47. The third-order valence-corrected chi connectivity index (χ3v) is 6.71. The molecule has 2 aromatic heterocycles. The molecule has 3 saturated carbocycles. The molecule has 2 bridgehead atoms. The van der Waals surface area contributed by atoms with Crippen LogP contribution in [-0.4, -0.2) is 28.6 Å². The van der Waals surface area contributed by atoms with Crippen LogP contribution in [0.25, 0.3) is 10.6 Å². The first-order chi connectivity index (χ1) is 13.1. The van der Waals surface area contributed by atoms with Crippen LogP contribution in [-0.2, 0) is 9.53 Å². The number of aromatic nitrogens is 2. The highest BCUT2D eigenvalue weighted by Gasteiger charge is 2.48. The van der Waals surface area contributed by atoms with E-state index < -0.39 is 5.82 Å². The van der Waals surface area contributed by atoms with Crippen molar-refractivity contribution in [2.45, 2.75) is 38.6 Å². The molecule has 5 nitrogen and oxygen atoms in total. The van der Waals surface area contributed by atoms with E-state index in [9.17, 15) is 4.79 Å². The summed E-state index contributed by atoms with van der Waals surface area (Å²) in [5.74, 6) is -0.401. The Morgan fingerprint density at radius 3 is 2.74 bits per heavy atom. The molecule has 0 saturated heterocycles. The maximum absolute atomic E-state index is 15.1. The van der Waals surface area contributed by atoms with Crippen molar-refractivity contribution in [1.29, 1.82) is 0 Å². The normalized spacial score (nSPS) is 26.8. The van der Waals surface area contributed by atoms with Crippen LogP contribution in [0, 0.1) is 23.6 Å². The average molecular weight is 410 g/mol. The van der Waals surface area contributed by atoms with Gasteiger partial charge in [0, 0.05) is 6.04 Å². The van der Waals surface area contributed by atoms with E-state index in [1.54, 1.807) is 13.0 Å². The summed E-state index contributed by atoms with van der Waals surface area (Å²) < 4.78 is 20.4. The van der Waals surface area contributed by atoms with Crippen molar-refractivity contribution in [2.75, 3.05) is 11.9 Å². The number of carbonyl (C=O) groups excluding carboxylic acids is 1. The van der Waals surface area contributed by atoms with Gasteiger partial charge >= 0.3 is 5.97 Å². The Bertz CT molecular complexity index is 825. The quantitative estimate of drug-likeness (QED) is 0.568. The zero-order valence-corrected chi connectivity index (χ0v) is 16.5. The van der Waals surface area contributed by atoms with Crippen molar-refractivity contribution >= 4 is 34.7 Å². The van der Waals surface area contributed by atoms with Crippen LogP contribution in [0.3, 0.4) is 0 Å². The predicted molar refractivity (Wildman–Crippen MR) is 103 cm³/mol. The molecule has 3 aliphatic rings. The standard InChI is InChI=1S/C19H21ClFN3O2S/c1-2-26-18(25)13-10-5-7-11(8-6-10)15(13)22-17-14(21)16(23-19(20)24-17)12-4-3-9-27-12/h3-4,9-11,13,15H,2,5-8H2,1H3,(H,22,23,24)/t10?,11?,13-,15-/m0/s1. The molecule has 0 aliphatic heterocycles. The van der Waals surface area contributed by atoms with Gasteiger partial charge in [0.25, 0.3) is 0 Å². The highest BCUT2D eigenvalue weighted by molar-refractivity contribution is 7.13. The molecular weight excluding hydrogens is 389 g/mol. The van der Waals surface area contributed by atoms with E-state index >= 15 is 4.39 Å². The molecule has 27 heavy (non-hydrogen) atoms. The number of hydrogen-bond acceptors (Lipinski definition) is 6. The zero-order valence-electron chi connectivity index (χ0n) is 15.0. The molecule has 0 amide bonds. The van der Waals surface area contributed by atoms with Crippen LogP contribution in [0.15, 0.2) is 17.5 Å². The number of thiophene rings is 1. The summed E-state index contributed by atoms with van der Waals surface area (Å²) in [4.78, 5) is 21.4. The van der Waals surface area contributed by atoms with E-state index in [2.05, 4.69) is 15.3 Å². The lowest BCUT2D eigenvalue weighted by Crippen LogP contribution is -2.52. The highest BCUT2D eigenvalue weighted by atomic mass is 35.5. The first-order valence-corrected chi connectivity index (χ1v) is 10.5. The number of fused-ring (bicyclic) bond motifs is 3. The second-order valence-corrected chi connectivity index (χ2v) is 8.39. The van der Waals surface area contributed by atoms with Crippen LogP contribution in [0.2, 0.25) is 5.28 Å². The minimum atomic E-state index is -0.536. The van der Waals surface area contributed by atoms with Gasteiger partial charge in [0.05, 0.1) is 17.4 Å². The first kappa shape index (κ1) is 18.6. The van der Waals surface area contributed by atoms with Crippen LogP contribution in [0.5, 0.6) is 0 Å². The Kier molecular flexibility index (Phi) is 5.32. The monoisotopic (exact) mass is 409 g/mol. The molecular formula is C19H21ClFN3O2S. The van der Waals surface area contributed by atoms with Crippen molar-refractivity contribution in [1.82, 2.24) is 9.97 Å². The number of ether oxygens (including phenoxy) is 1. The van der Waals surface area contributed by atoms with Crippen LogP contribution >= 0.6 is 22.9 Å². The largest absolute Gasteiger partial charge is 0.466 e. The van der Waals surface area contributed by atoms with Gasteiger partial charge in [-0.15, -0.1) is 11.3 Å². The molecule has 3 aliphatic carbocycles. The fraction of sp³-hybridized carbons (Fsp3) is 0.526. The summed E-state index contributed by atoms with van der Waals surface area (Å²) in [6, 6.07) is 3.42. The van der Waals surface area contributed by atoms with Gasteiger partial charge in [-0.25, -0.2) is 9.37 Å². The van der Waals surface area contributed by atoms with Gasteiger partial charge in [0.15, 0.2) is 11.6 Å². The van der Waals surface area contributed by atoms with Crippen molar-refractivity contribution in [3.63, 3.8) is 0 Å². The summed E-state index contributed by atoms with van der Waals surface area (Å²) in [5.41, 5.74) is 0.182. The Labute approximate surface area is 166 Å². The fourth-order valence-electron chi connectivity index (χ4n) is 4.48. The Hall–Kier alpha value is -1.73. The molecule has 0 radical (unpaired) electrons. The van der Waals surface area contributed by atoms with Gasteiger partial charge in [-0.2, -0.15) is 4.98 Å². The van der Waals surface area contributed by atoms with E-state index in [-0.39, 0.29) is 40.6 Å². The second-order valence-electron chi connectivity index (χ2n) is 7.10. The summed E-state index contributed by atoms with van der Waals surface area (Å²) in [5, 5.41) is 5.04. The van der Waals surface area contributed by atoms with E-state index in [0.717, 1.165) is 25.7 Å². The number of anilines is 1. The predicted octanol–water partition coefficient (Wildman–Crippen LogP) is 4.78. The minimum Gasteiger partial charge on any atom is -0.466 e. The smallest absolute Gasteiger partial charge is 0.311 e. The van der Waals surface area contributed by atoms with Crippen LogP contribution < -0.4 is 5.32 Å². The van der Waals surface area contributed by atoms with Gasteiger partial charge in [-0.05, 0) is 67.5 Å². The maximum atomic E-state index is 15.1. The molecule has 144 valence electrons. The van der Waals surface area contributed by atoms with Gasteiger partial charge in [0.1, 0.15) is 5.69 Å². The van der Waals surface area contributed by atoms with E-state index in [1.165, 1.54) is 11.3 Å². The number of halogens is 2. The van der Waals surface area contributed by atoms with E-state index in [0.29, 0.717) is 17.4 Å². The van der Waals surface area contributed by atoms with Gasteiger partial charge in [0.2, 0.25) is 5.28 Å². The Morgan fingerprint density at radius 1 is 1.33 bits per heavy atom. The van der Waals surface area contributed by atoms with Gasteiger partial charge in [-0.1, -0.05) is 6.07 Å². The molecule has 1 N–H and O–H groups in total. The topological polar surface area (TPSA) is 64.1 Å². The number of nitrogens with zero attached hydrogens (tertiary/aromatic N) is 2. The van der Waals surface area contributed by atoms with Gasteiger partial charge in [-0.3, -0.25) is 4.79 Å². The molecule has 2 aromatic rings. The first-order valence-electron chi connectivity index (χ1n) is 9.28. The Morgan fingerprint density at radius 2 is 2.07 bits per heavy atom. The fourth-order valence-corrected chi connectivity index (χ4v) is 5.36. The van der Waals surface area contributed by atoms with E-state index in [4.69, 9.17) is 16.3 Å². The summed E-state index contributed by atoms with van der Waals surface area (Å²) in [7, 11) is 0. The van der Waals surface area contributed by atoms with Crippen molar-refractivity contribution < 1.29 is 13.9 Å². The molecule has 0 spiro atoms. The molecule has 2 heterocycles. The molecule has 5 rings (SSSR count). The molecule has 8 heteroatoms. The number of carbonyl (C=O) groups is 1.